The van der Waals surface area contributed by atoms with Gasteiger partial charge in [-0.25, -0.2) is 10.3 Å². The molecule has 1 aliphatic heterocycles. The monoisotopic (exact) mass is 303 g/mol. The van der Waals surface area contributed by atoms with Crippen LogP contribution in [0.5, 0.6) is 5.75 Å². The first kappa shape index (κ1) is 13.3. The summed E-state index contributed by atoms with van der Waals surface area (Å²) in [6.45, 7) is 0.608. The van der Waals surface area contributed by atoms with E-state index in [0.29, 0.717) is 11.6 Å². The molecule has 3 rings (SSSR count). The molecule has 0 N–H and O–H groups in total. The molecule has 0 aromatic heterocycles. The molecule has 1 heterocycles. The van der Waals surface area contributed by atoms with Gasteiger partial charge < -0.3 is 4.74 Å². The lowest BCUT2D eigenvalue weighted by Gasteiger charge is -2.05. The SMILES string of the molecule is Clc1ccc(OCCSC2=Nc3ccccc3[N]2)cc1. The predicted molar refractivity (Wildman–Crippen MR) is 84.7 cm³/mol. The number of hydrogen-bond donors (Lipinski definition) is 0. The van der Waals surface area contributed by atoms with E-state index in [1.54, 1.807) is 11.8 Å². The van der Waals surface area contributed by atoms with E-state index < -0.39 is 0 Å². The quantitative estimate of drug-likeness (QED) is 0.785. The maximum absolute atomic E-state index is 5.82. The van der Waals surface area contributed by atoms with Crippen LogP contribution in [0, 0.1) is 0 Å². The highest BCUT2D eigenvalue weighted by Gasteiger charge is 2.14. The van der Waals surface area contributed by atoms with E-state index >= 15 is 0 Å². The van der Waals surface area contributed by atoms with Crippen molar-refractivity contribution in [2.24, 2.45) is 4.99 Å². The fourth-order valence-corrected chi connectivity index (χ4v) is 2.57. The van der Waals surface area contributed by atoms with E-state index in [2.05, 4.69) is 10.3 Å². The molecule has 3 nitrogen and oxygen atoms in total. The van der Waals surface area contributed by atoms with Crippen molar-refractivity contribution in [3.63, 3.8) is 0 Å². The molecule has 1 aliphatic rings. The van der Waals surface area contributed by atoms with Gasteiger partial charge in [0.25, 0.3) is 0 Å². The average Bonchev–Trinajstić information content (AvgIpc) is 2.88. The molecule has 0 unspecified atom stereocenters. The third-order valence-corrected chi connectivity index (χ3v) is 3.77. The number of ether oxygens (including phenoxy) is 1. The van der Waals surface area contributed by atoms with Crippen LogP contribution in [0.2, 0.25) is 5.02 Å². The Balaban J connectivity index is 1.44. The van der Waals surface area contributed by atoms with E-state index in [9.17, 15) is 0 Å². The second-order valence-corrected chi connectivity index (χ2v) is 5.64. The summed E-state index contributed by atoms with van der Waals surface area (Å²) in [5, 5.41) is 5.96. The fourth-order valence-electron chi connectivity index (χ4n) is 1.77. The van der Waals surface area contributed by atoms with Crippen molar-refractivity contribution in [2.45, 2.75) is 0 Å². The summed E-state index contributed by atoms with van der Waals surface area (Å²) < 4.78 is 5.62. The third-order valence-electron chi connectivity index (χ3n) is 2.71. The minimum Gasteiger partial charge on any atom is -0.493 e. The van der Waals surface area contributed by atoms with E-state index in [-0.39, 0.29) is 0 Å². The number of hydrogen-bond acceptors (Lipinski definition) is 3. The Labute approximate surface area is 127 Å². The van der Waals surface area contributed by atoms with Crippen molar-refractivity contribution < 1.29 is 4.74 Å². The van der Waals surface area contributed by atoms with Crippen molar-refractivity contribution in [1.82, 2.24) is 5.32 Å². The lowest BCUT2D eigenvalue weighted by molar-refractivity contribution is 0.344. The zero-order valence-corrected chi connectivity index (χ0v) is 12.2. The largest absolute Gasteiger partial charge is 0.493 e. The standard InChI is InChI=1S/C15H12ClN2OS/c16-11-5-7-12(8-6-11)19-9-10-20-15-17-13-3-1-2-4-14(13)18-15/h1-8H,9-10H2. The van der Waals surface area contributed by atoms with Gasteiger partial charge >= 0.3 is 0 Å². The van der Waals surface area contributed by atoms with Crippen LogP contribution in [0.1, 0.15) is 0 Å². The normalized spacial score (nSPS) is 12.6. The van der Waals surface area contributed by atoms with Gasteiger partial charge in [-0.2, -0.15) is 0 Å². The van der Waals surface area contributed by atoms with Gasteiger partial charge in [-0.15, -0.1) is 0 Å². The van der Waals surface area contributed by atoms with Crippen LogP contribution in [-0.4, -0.2) is 17.5 Å². The third kappa shape index (κ3) is 3.26. The van der Waals surface area contributed by atoms with Crippen LogP contribution < -0.4 is 10.1 Å². The molecule has 1 radical (unpaired) electrons. The molecular weight excluding hydrogens is 292 g/mol. The zero-order chi connectivity index (χ0) is 13.8. The minimum absolute atomic E-state index is 0.608. The van der Waals surface area contributed by atoms with Crippen LogP contribution in [0.4, 0.5) is 11.4 Å². The highest BCUT2D eigenvalue weighted by Crippen LogP contribution is 2.32. The summed E-state index contributed by atoms with van der Waals surface area (Å²) >= 11 is 7.41. The first-order valence-electron chi connectivity index (χ1n) is 6.22. The van der Waals surface area contributed by atoms with Crippen molar-refractivity contribution in [2.75, 3.05) is 12.4 Å². The Morgan fingerprint density at radius 2 is 1.75 bits per heavy atom. The summed E-state index contributed by atoms with van der Waals surface area (Å²) in [6.07, 6.45) is 0. The van der Waals surface area contributed by atoms with Crippen molar-refractivity contribution in [3.8, 4) is 5.75 Å². The van der Waals surface area contributed by atoms with E-state index in [0.717, 1.165) is 28.0 Å². The minimum atomic E-state index is 0.608. The van der Waals surface area contributed by atoms with Gasteiger partial charge in [0, 0.05) is 10.8 Å². The van der Waals surface area contributed by atoms with E-state index in [1.807, 2.05) is 48.5 Å². The molecule has 0 spiro atoms. The summed E-state index contributed by atoms with van der Waals surface area (Å²) in [5.41, 5.74) is 1.88. The fraction of sp³-hybridized carbons (Fsp3) is 0.133. The van der Waals surface area contributed by atoms with Crippen molar-refractivity contribution in [1.29, 1.82) is 0 Å². The molecule has 20 heavy (non-hydrogen) atoms. The Morgan fingerprint density at radius 3 is 2.50 bits per heavy atom. The summed E-state index contributed by atoms with van der Waals surface area (Å²) in [6, 6.07) is 15.2. The summed E-state index contributed by atoms with van der Waals surface area (Å²) in [4.78, 5) is 4.45. The first-order chi connectivity index (χ1) is 9.81. The molecule has 2 aromatic carbocycles. The lowest BCUT2D eigenvalue weighted by Crippen LogP contribution is -2.06. The number of amidine groups is 1. The maximum Gasteiger partial charge on any atom is 0.188 e. The lowest BCUT2D eigenvalue weighted by atomic mass is 10.3. The predicted octanol–water partition coefficient (Wildman–Crippen LogP) is 4.39. The van der Waals surface area contributed by atoms with Gasteiger partial charge in [-0.05, 0) is 36.4 Å². The van der Waals surface area contributed by atoms with Gasteiger partial charge in [0.15, 0.2) is 5.17 Å². The molecule has 0 atom stereocenters. The molecule has 0 amide bonds. The van der Waals surface area contributed by atoms with Gasteiger partial charge in [-0.3, -0.25) is 0 Å². The number of thioether (sulfide) groups is 1. The van der Waals surface area contributed by atoms with Crippen molar-refractivity contribution >= 4 is 39.9 Å². The van der Waals surface area contributed by atoms with Crippen LogP contribution >= 0.6 is 23.4 Å². The Bertz CT molecular complexity index is 628. The summed E-state index contributed by atoms with van der Waals surface area (Å²) in [5.74, 6) is 1.63. The second kappa shape index (κ2) is 6.20. The van der Waals surface area contributed by atoms with Crippen LogP contribution in [-0.2, 0) is 0 Å². The van der Waals surface area contributed by atoms with Gasteiger partial charge in [0.05, 0.1) is 18.0 Å². The van der Waals surface area contributed by atoms with Gasteiger partial charge in [0.2, 0.25) is 0 Å². The highest BCUT2D eigenvalue weighted by atomic mass is 35.5. The van der Waals surface area contributed by atoms with E-state index in [4.69, 9.17) is 16.3 Å². The van der Waals surface area contributed by atoms with Gasteiger partial charge in [-0.1, -0.05) is 35.5 Å². The molecule has 0 aliphatic carbocycles. The van der Waals surface area contributed by atoms with Gasteiger partial charge in [0.1, 0.15) is 5.75 Å². The number of benzene rings is 2. The Kier molecular flexibility index (Phi) is 4.14. The molecule has 2 aromatic rings. The van der Waals surface area contributed by atoms with Crippen LogP contribution in [0.3, 0.4) is 0 Å². The second-order valence-electron chi connectivity index (χ2n) is 4.15. The number of fused-ring (bicyclic) bond motifs is 1. The number of rotatable bonds is 4. The summed E-state index contributed by atoms with van der Waals surface area (Å²) in [7, 11) is 0. The van der Waals surface area contributed by atoms with E-state index in [1.165, 1.54) is 0 Å². The highest BCUT2D eigenvalue weighted by molar-refractivity contribution is 8.13. The Morgan fingerprint density at radius 1 is 1.00 bits per heavy atom. The van der Waals surface area contributed by atoms with Crippen molar-refractivity contribution in [3.05, 3.63) is 53.6 Å². The Hall–Kier alpha value is -1.65. The number of para-hydroxylation sites is 2. The number of halogens is 1. The zero-order valence-electron chi connectivity index (χ0n) is 10.6. The smallest absolute Gasteiger partial charge is 0.188 e. The van der Waals surface area contributed by atoms with Crippen LogP contribution in [0.25, 0.3) is 0 Å². The molecular formula is C15H12ClN2OS. The first-order valence-corrected chi connectivity index (χ1v) is 7.58. The molecule has 5 heteroatoms. The molecule has 0 saturated heterocycles. The molecule has 0 bridgehead atoms. The topological polar surface area (TPSA) is 35.7 Å². The molecule has 0 saturated carbocycles. The average molecular weight is 304 g/mol. The number of nitrogens with zero attached hydrogens (tertiary/aromatic N) is 2. The maximum atomic E-state index is 5.82. The molecule has 101 valence electrons. The molecule has 0 fully saturated rings. The number of aliphatic imine (C=N–C) groups is 1. The van der Waals surface area contributed by atoms with Crippen LogP contribution in [0.15, 0.2) is 53.5 Å².